The number of piperazine rings is 1. The Balaban J connectivity index is 2.13. The van der Waals surface area contributed by atoms with Crippen LogP contribution in [0.3, 0.4) is 0 Å². The van der Waals surface area contributed by atoms with Crippen LogP contribution < -0.4 is 4.90 Å². The van der Waals surface area contributed by atoms with E-state index < -0.39 is 9.05 Å². The third-order valence-electron chi connectivity index (χ3n) is 2.99. The summed E-state index contributed by atoms with van der Waals surface area (Å²) in [6.07, 6.45) is 0. The van der Waals surface area contributed by atoms with Gasteiger partial charge in [-0.1, -0.05) is 0 Å². The Hall–Kier alpha value is -0.780. The van der Waals surface area contributed by atoms with Crippen molar-refractivity contribution in [2.45, 2.75) is 4.90 Å². The molecule has 0 spiro atoms. The van der Waals surface area contributed by atoms with Gasteiger partial charge in [0.05, 0.1) is 4.90 Å². The number of benzene rings is 1. The largest absolute Gasteiger partial charge is 0.369 e. The van der Waals surface area contributed by atoms with E-state index in [2.05, 4.69) is 16.8 Å². The minimum atomic E-state index is -3.61. The summed E-state index contributed by atoms with van der Waals surface area (Å²) < 4.78 is 22.2. The first-order valence-electron chi connectivity index (χ1n) is 5.45. The quantitative estimate of drug-likeness (QED) is 0.764. The summed E-state index contributed by atoms with van der Waals surface area (Å²) in [7, 11) is 3.75. The highest BCUT2D eigenvalue weighted by atomic mass is 35.7. The lowest BCUT2D eigenvalue weighted by Gasteiger charge is -2.34. The van der Waals surface area contributed by atoms with Gasteiger partial charge < -0.3 is 9.80 Å². The van der Waals surface area contributed by atoms with Gasteiger partial charge in [0.25, 0.3) is 9.05 Å². The molecule has 94 valence electrons. The van der Waals surface area contributed by atoms with Crippen molar-refractivity contribution in [3.05, 3.63) is 24.3 Å². The molecule has 0 bridgehead atoms. The number of hydrogen-bond acceptors (Lipinski definition) is 4. The summed E-state index contributed by atoms with van der Waals surface area (Å²) in [4.78, 5) is 4.66. The third-order valence-corrected chi connectivity index (χ3v) is 4.36. The number of likely N-dealkylation sites (N-methyl/N-ethyl adjacent to an activating group) is 1. The fraction of sp³-hybridized carbons (Fsp3) is 0.455. The molecular weight excluding hydrogens is 260 g/mol. The standard InChI is InChI=1S/C11H15ClN2O2S/c1-13-6-8-14(9-7-13)10-2-4-11(5-3-10)17(12,15)16/h2-5H,6-9H2,1H3. The zero-order chi connectivity index (χ0) is 12.5. The van der Waals surface area contributed by atoms with Gasteiger partial charge in [-0.25, -0.2) is 8.42 Å². The Morgan fingerprint density at radius 1 is 1.06 bits per heavy atom. The van der Waals surface area contributed by atoms with E-state index in [-0.39, 0.29) is 4.90 Å². The number of halogens is 1. The van der Waals surface area contributed by atoms with Crippen molar-refractivity contribution in [1.82, 2.24) is 4.90 Å². The molecule has 1 aromatic carbocycles. The van der Waals surface area contributed by atoms with E-state index in [0.29, 0.717) is 0 Å². The van der Waals surface area contributed by atoms with Gasteiger partial charge in [-0.3, -0.25) is 0 Å². The van der Waals surface area contributed by atoms with Gasteiger partial charge in [-0.05, 0) is 31.3 Å². The van der Waals surface area contributed by atoms with Gasteiger partial charge >= 0.3 is 0 Å². The zero-order valence-electron chi connectivity index (χ0n) is 9.63. The maximum Gasteiger partial charge on any atom is 0.261 e. The minimum Gasteiger partial charge on any atom is -0.369 e. The van der Waals surface area contributed by atoms with E-state index in [4.69, 9.17) is 10.7 Å². The summed E-state index contributed by atoms with van der Waals surface area (Å²) in [5.74, 6) is 0. The van der Waals surface area contributed by atoms with Crippen LogP contribution in [-0.4, -0.2) is 46.5 Å². The Morgan fingerprint density at radius 3 is 2.06 bits per heavy atom. The molecule has 0 atom stereocenters. The number of anilines is 1. The molecule has 0 N–H and O–H groups in total. The summed E-state index contributed by atoms with van der Waals surface area (Å²) in [6.45, 7) is 3.97. The minimum absolute atomic E-state index is 0.150. The van der Waals surface area contributed by atoms with Gasteiger partial charge in [-0.2, -0.15) is 0 Å². The molecule has 1 aliphatic rings. The molecule has 0 amide bonds. The van der Waals surface area contributed by atoms with Crippen LogP contribution in [0.25, 0.3) is 0 Å². The average Bonchev–Trinajstić information content (AvgIpc) is 2.29. The van der Waals surface area contributed by atoms with Crippen molar-refractivity contribution >= 4 is 25.4 Å². The fourth-order valence-electron chi connectivity index (χ4n) is 1.88. The summed E-state index contributed by atoms with van der Waals surface area (Å²) in [5.41, 5.74) is 1.04. The van der Waals surface area contributed by atoms with Crippen LogP contribution in [0, 0.1) is 0 Å². The highest BCUT2D eigenvalue weighted by Crippen LogP contribution is 2.21. The number of nitrogens with zero attached hydrogens (tertiary/aromatic N) is 2. The van der Waals surface area contributed by atoms with Crippen LogP contribution in [0.1, 0.15) is 0 Å². The second kappa shape index (κ2) is 4.84. The van der Waals surface area contributed by atoms with Crippen molar-refractivity contribution in [2.75, 3.05) is 38.1 Å². The molecule has 0 aliphatic carbocycles. The van der Waals surface area contributed by atoms with Crippen molar-refractivity contribution in [3.8, 4) is 0 Å². The molecule has 1 fully saturated rings. The van der Waals surface area contributed by atoms with Gasteiger partial charge in [-0.15, -0.1) is 0 Å². The van der Waals surface area contributed by atoms with Gasteiger partial charge in [0, 0.05) is 42.5 Å². The second-order valence-corrected chi connectivity index (χ2v) is 6.79. The van der Waals surface area contributed by atoms with Crippen LogP contribution in [0.2, 0.25) is 0 Å². The van der Waals surface area contributed by atoms with E-state index in [0.717, 1.165) is 31.9 Å². The van der Waals surface area contributed by atoms with Crippen molar-refractivity contribution in [2.24, 2.45) is 0 Å². The summed E-state index contributed by atoms with van der Waals surface area (Å²) in [5, 5.41) is 0. The smallest absolute Gasteiger partial charge is 0.261 e. The molecule has 1 heterocycles. The van der Waals surface area contributed by atoms with E-state index >= 15 is 0 Å². The highest BCUT2D eigenvalue weighted by molar-refractivity contribution is 8.13. The van der Waals surface area contributed by atoms with E-state index in [9.17, 15) is 8.42 Å². The van der Waals surface area contributed by atoms with Crippen LogP contribution in [0.4, 0.5) is 5.69 Å². The Morgan fingerprint density at radius 2 is 1.59 bits per heavy atom. The van der Waals surface area contributed by atoms with Crippen molar-refractivity contribution < 1.29 is 8.42 Å². The topological polar surface area (TPSA) is 40.6 Å². The molecular formula is C11H15ClN2O2S. The molecule has 0 unspecified atom stereocenters. The van der Waals surface area contributed by atoms with Crippen LogP contribution in [-0.2, 0) is 9.05 Å². The molecule has 0 saturated carbocycles. The van der Waals surface area contributed by atoms with Crippen LogP contribution in [0.5, 0.6) is 0 Å². The highest BCUT2D eigenvalue weighted by Gasteiger charge is 2.15. The first-order chi connectivity index (χ1) is 7.97. The first-order valence-corrected chi connectivity index (χ1v) is 7.76. The lowest BCUT2D eigenvalue weighted by molar-refractivity contribution is 0.313. The van der Waals surface area contributed by atoms with Crippen LogP contribution >= 0.6 is 10.7 Å². The Bertz CT molecular complexity index is 479. The molecule has 1 aliphatic heterocycles. The molecule has 17 heavy (non-hydrogen) atoms. The fourth-order valence-corrected chi connectivity index (χ4v) is 2.65. The lowest BCUT2D eigenvalue weighted by atomic mass is 10.2. The van der Waals surface area contributed by atoms with Gasteiger partial charge in [0.15, 0.2) is 0 Å². The third kappa shape index (κ3) is 3.12. The molecule has 1 saturated heterocycles. The maximum absolute atomic E-state index is 11.1. The Labute approximate surface area is 106 Å². The lowest BCUT2D eigenvalue weighted by Crippen LogP contribution is -2.44. The molecule has 0 radical (unpaired) electrons. The van der Waals surface area contributed by atoms with E-state index in [1.807, 2.05) is 0 Å². The summed E-state index contributed by atoms with van der Waals surface area (Å²) >= 11 is 0. The van der Waals surface area contributed by atoms with Gasteiger partial charge in [0.2, 0.25) is 0 Å². The molecule has 2 rings (SSSR count). The van der Waals surface area contributed by atoms with Crippen LogP contribution in [0.15, 0.2) is 29.2 Å². The monoisotopic (exact) mass is 274 g/mol. The molecule has 4 nitrogen and oxygen atoms in total. The predicted octanol–water partition coefficient (Wildman–Crippen LogP) is 1.37. The van der Waals surface area contributed by atoms with E-state index in [1.165, 1.54) is 0 Å². The second-order valence-electron chi connectivity index (χ2n) is 4.22. The molecule has 1 aromatic rings. The van der Waals surface area contributed by atoms with E-state index in [1.54, 1.807) is 24.3 Å². The molecule has 0 aromatic heterocycles. The maximum atomic E-state index is 11.1. The SMILES string of the molecule is CN1CCN(c2ccc(S(=O)(=O)Cl)cc2)CC1. The Kier molecular flexibility index (Phi) is 3.61. The van der Waals surface area contributed by atoms with Crippen molar-refractivity contribution in [3.63, 3.8) is 0 Å². The van der Waals surface area contributed by atoms with Crippen molar-refractivity contribution in [1.29, 1.82) is 0 Å². The molecule has 6 heteroatoms. The first kappa shape index (κ1) is 12.7. The number of hydrogen-bond donors (Lipinski definition) is 0. The summed E-state index contributed by atoms with van der Waals surface area (Å²) in [6, 6.07) is 6.72. The normalized spacial score (nSPS) is 18.4. The van der Waals surface area contributed by atoms with Gasteiger partial charge in [0.1, 0.15) is 0 Å². The predicted molar refractivity (Wildman–Crippen MR) is 69.2 cm³/mol. The number of rotatable bonds is 2. The average molecular weight is 275 g/mol. The zero-order valence-corrected chi connectivity index (χ0v) is 11.2.